The molecule has 18 heavy (non-hydrogen) atoms. The van der Waals surface area contributed by atoms with Gasteiger partial charge in [-0.15, -0.1) is 0 Å². The van der Waals surface area contributed by atoms with Crippen LogP contribution in [0.25, 0.3) is 0 Å². The molecule has 0 bridgehead atoms. The first-order valence-electron chi connectivity index (χ1n) is 5.52. The van der Waals surface area contributed by atoms with Gasteiger partial charge >= 0.3 is 5.97 Å². The molecule has 4 heteroatoms. The lowest BCUT2D eigenvalue weighted by molar-refractivity contribution is 0.0694. The Hall–Kier alpha value is -2.36. The summed E-state index contributed by atoms with van der Waals surface area (Å²) in [5.41, 5.74) is 1.88. The van der Waals surface area contributed by atoms with Gasteiger partial charge in [-0.2, -0.15) is 0 Å². The summed E-state index contributed by atoms with van der Waals surface area (Å²) in [4.78, 5) is 15.3. The smallest absolute Gasteiger partial charge is 0.339 e. The minimum Gasteiger partial charge on any atom is -0.478 e. The van der Waals surface area contributed by atoms with Crippen molar-refractivity contribution in [1.29, 1.82) is 0 Å². The zero-order chi connectivity index (χ0) is 13.1. The minimum atomic E-state index is -1.02. The number of aromatic carboxylic acids is 1. The Labute approximate surface area is 105 Å². The molecule has 1 N–H and O–H groups in total. The largest absolute Gasteiger partial charge is 0.478 e. The van der Waals surface area contributed by atoms with Gasteiger partial charge in [0.05, 0.1) is 0 Å². The van der Waals surface area contributed by atoms with E-state index in [4.69, 9.17) is 9.84 Å². The monoisotopic (exact) mass is 243 g/mol. The Balaban J connectivity index is 2.39. The number of rotatable bonds is 3. The van der Waals surface area contributed by atoms with E-state index in [1.165, 1.54) is 6.07 Å². The predicted molar refractivity (Wildman–Crippen MR) is 67.2 cm³/mol. The van der Waals surface area contributed by atoms with Gasteiger partial charge in [0.2, 0.25) is 5.88 Å². The van der Waals surface area contributed by atoms with Crippen molar-refractivity contribution in [2.75, 3.05) is 0 Å². The zero-order valence-electron chi connectivity index (χ0n) is 10.2. The van der Waals surface area contributed by atoms with Crippen LogP contribution < -0.4 is 4.74 Å². The lowest BCUT2D eigenvalue weighted by Gasteiger charge is -2.09. The number of pyridine rings is 1. The Morgan fingerprint density at radius 2 is 2.00 bits per heavy atom. The van der Waals surface area contributed by atoms with E-state index in [0.717, 1.165) is 11.3 Å². The molecule has 0 atom stereocenters. The minimum absolute atomic E-state index is 0.129. The van der Waals surface area contributed by atoms with Gasteiger partial charge in [0, 0.05) is 11.8 Å². The van der Waals surface area contributed by atoms with Crippen LogP contribution in [-0.2, 0) is 0 Å². The van der Waals surface area contributed by atoms with E-state index in [9.17, 15) is 4.79 Å². The average molecular weight is 243 g/mol. The normalized spacial score (nSPS) is 10.1. The van der Waals surface area contributed by atoms with Gasteiger partial charge in [0.1, 0.15) is 11.3 Å². The first kappa shape index (κ1) is 12.1. The van der Waals surface area contributed by atoms with Crippen LogP contribution in [0.2, 0.25) is 0 Å². The highest BCUT2D eigenvalue weighted by atomic mass is 16.5. The number of aromatic nitrogens is 1. The lowest BCUT2D eigenvalue weighted by Crippen LogP contribution is -2.01. The van der Waals surface area contributed by atoms with Crippen molar-refractivity contribution < 1.29 is 14.6 Å². The molecule has 1 aromatic heterocycles. The van der Waals surface area contributed by atoms with Crippen LogP contribution in [0.1, 0.15) is 21.6 Å². The fourth-order valence-electron chi connectivity index (χ4n) is 1.58. The Kier molecular flexibility index (Phi) is 3.28. The molecule has 0 aliphatic rings. The second kappa shape index (κ2) is 4.87. The van der Waals surface area contributed by atoms with Crippen LogP contribution in [0.15, 0.2) is 36.4 Å². The van der Waals surface area contributed by atoms with Crippen molar-refractivity contribution >= 4 is 5.97 Å². The maximum atomic E-state index is 11.1. The quantitative estimate of drug-likeness (QED) is 0.899. The number of carbonyl (C=O) groups is 1. The molecule has 2 rings (SSSR count). The van der Waals surface area contributed by atoms with Crippen molar-refractivity contribution in [3.8, 4) is 11.6 Å². The fourth-order valence-corrected chi connectivity index (χ4v) is 1.58. The van der Waals surface area contributed by atoms with Crippen molar-refractivity contribution in [2.45, 2.75) is 13.8 Å². The molecule has 0 spiro atoms. The highest BCUT2D eigenvalue weighted by molar-refractivity contribution is 5.91. The number of hydrogen-bond acceptors (Lipinski definition) is 3. The molecule has 0 aliphatic heterocycles. The number of ether oxygens (including phenoxy) is 1. The summed E-state index contributed by atoms with van der Waals surface area (Å²) in [7, 11) is 0. The Morgan fingerprint density at radius 3 is 2.67 bits per heavy atom. The number of carboxylic acids is 1. The molecule has 0 unspecified atom stereocenters. The van der Waals surface area contributed by atoms with Crippen LogP contribution in [0.3, 0.4) is 0 Å². The first-order valence-corrected chi connectivity index (χ1v) is 5.52. The molecule has 0 fully saturated rings. The molecular formula is C14H13NO3. The van der Waals surface area contributed by atoms with E-state index in [-0.39, 0.29) is 5.56 Å². The summed E-state index contributed by atoms with van der Waals surface area (Å²) in [6, 6.07) is 10.3. The van der Waals surface area contributed by atoms with Crippen LogP contribution in [0.4, 0.5) is 0 Å². The van der Waals surface area contributed by atoms with Crippen LogP contribution in [0.5, 0.6) is 11.6 Å². The van der Waals surface area contributed by atoms with Gasteiger partial charge < -0.3 is 9.84 Å². The third kappa shape index (κ3) is 2.66. The van der Waals surface area contributed by atoms with Crippen molar-refractivity contribution in [3.63, 3.8) is 0 Å². The number of nitrogens with zero attached hydrogens (tertiary/aromatic N) is 1. The van der Waals surface area contributed by atoms with Crippen molar-refractivity contribution in [3.05, 3.63) is 53.2 Å². The van der Waals surface area contributed by atoms with Crippen molar-refractivity contribution in [1.82, 2.24) is 4.98 Å². The zero-order valence-corrected chi connectivity index (χ0v) is 10.2. The molecule has 92 valence electrons. The number of aryl methyl sites for hydroxylation is 2. The van der Waals surface area contributed by atoms with Crippen LogP contribution >= 0.6 is 0 Å². The third-order valence-corrected chi connectivity index (χ3v) is 2.44. The molecule has 4 nitrogen and oxygen atoms in total. The first-order chi connectivity index (χ1) is 8.56. The second-order valence-electron chi connectivity index (χ2n) is 4.02. The average Bonchev–Trinajstić information content (AvgIpc) is 2.28. The van der Waals surface area contributed by atoms with E-state index < -0.39 is 5.97 Å². The fraction of sp³-hybridized carbons (Fsp3) is 0.143. The molecule has 1 aromatic carbocycles. The third-order valence-electron chi connectivity index (χ3n) is 2.44. The van der Waals surface area contributed by atoms with Gasteiger partial charge in [0.15, 0.2) is 0 Å². The lowest BCUT2D eigenvalue weighted by atomic mass is 10.1. The number of hydrogen-bond donors (Lipinski definition) is 1. The summed E-state index contributed by atoms with van der Waals surface area (Å²) >= 11 is 0. The number of benzene rings is 1. The standard InChI is InChI=1S/C14H13NO3/c1-9-6-7-11(14(16)17)12(8-9)18-13-5-3-4-10(2)15-13/h3-8H,1-2H3,(H,16,17). The van der Waals surface area contributed by atoms with Gasteiger partial charge in [-0.25, -0.2) is 9.78 Å². The molecule has 0 radical (unpaired) electrons. The Bertz CT molecular complexity index is 593. The summed E-state index contributed by atoms with van der Waals surface area (Å²) in [6.07, 6.45) is 0. The highest BCUT2D eigenvalue weighted by Crippen LogP contribution is 2.25. The van der Waals surface area contributed by atoms with Crippen LogP contribution in [0, 0.1) is 13.8 Å². The van der Waals surface area contributed by atoms with E-state index in [1.807, 2.05) is 26.0 Å². The molecule has 0 aliphatic carbocycles. The maximum absolute atomic E-state index is 11.1. The summed E-state index contributed by atoms with van der Waals surface area (Å²) < 4.78 is 5.54. The van der Waals surface area contributed by atoms with E-state index in [0.29, 0.717) is 11.6 Å². The summed E-state index contributed by atoms with van der Waals surface area (Å²) in [6.45, 7) is 3.73. The second-order valence-corrected chi connectivity index (χ2v) is 4.02. The van der Waals surface area contributed by atoms with E-state index in [1.54, 1.807) is 18.2 Å². The number of carboxylic acid groups (broad SMARTS) is 1. The molecule has 0 saturated carbocycles. The van der Waals surface area contributed by atoms with Gasteiger partial charge in [-0.1, -0.05) is 12.1 Å². The van der Waals surface area contributed by atoms with Gasteiger partial charge in [0.25, 0.3) is 0 Å². The summed E-state index contributed by atoms with van der Waals surface area (Å²) in [5, 5.41) is 9.09. The topological polar surface area (TPSA) is 59.4 Å². The molecule has 0 amide bonds. The van der Waals surface area contributed by atoms with Gasteiger partial charge in [-0.05, 0) is 37.6 Å². The molecule has 0 saturated heterocycles. The Morgan fingerprint density at radius 1 is 1.22 bits per heavy atom. The van der Waals surface area contributed by atoms with Crippen molar-refractivity contribution in [2.24, 2.45) is 0 Å². The molecule has 1 heterocycles. The van der Waals surface area contributed by atoms with E-state index >= 15 is 0 Å². The molecule has 2 aromatic rings. The van der Waals surface area contributed by atoms with E-state index in [2.05, 4.69) is 4.98 Å². The maximum Gasteiger partial charge on any atom is 0.339 e. The summed E-state index contributed by atoms with van der Waals surface area (Å²) in [5.74, 6) is -0.318. The SMILES string of the molecule is Cc1ccc(C(=O)O)c(Oc2cccc(C)n2)c1. The highest BCUT2D eigenvalue weighted by Gasteiger charge is 2.12. The molecular weight excluding hydrogens is 230 g/mol. The van der Waals surface area contributed by atoms with Gasteiger partial charge in [-0.3, -0.25) is 0 Å². The predicted octanol–water partition coefficient (Wildman–Crippen LogP) is 3.19. The van der Waals surface area contributed by atoms with Crippen LogP contribution in [-0.4, -0.2) is 16.1 Å².